The van der Waals surface area contributed by atoms with Crippen molar-refractivity contribution in [1.82, 2.24) is 25.1 Å². The largest absolute Gasteiger partial charge is 0.496 e. The molecule has 4 aromatic heterocycles. The molecule has 0 spiro atoms. The molecular weight excluding hydrogens is 428 g/mol. The van der Waals surface area contributed by atoms with E-state index in [1.165, 1.54) is 0 Å². The van der Waals surface area contributed by atoms with E-state index in [0.717, 1.165) is 55.3 Å². The van der Waals surface area contributed by atoms with Gasteiger partial charge in [-0.05, 0) is 39.0 Å². The second-order valence-corrected chi connectivity index (χ2v) is 8.27. The van der Waals surface area contributed by atoms with E-state index < -0.39 is 0 Å². The van der Waals surface area contributed by atoms with Gasteiger partial charge in [0.2, 0.25) is 5.82 Å². The van der Waals surface area contributed by atoms with E-state index in [9.17, 15) is 0 Å². The number of nitrogens with zero attached hydrogens (tertiary/aromatic N) is 4. The summed E-state index contributed by atoms with van der Waals surface area (Å²) >= 11 is 0. The van der Waals surface area contributed by atoms with Crippen LogP contribution in [-0.4, -0.2) is 32.2 Å². The predicted molar refractivity (Wildman–Crippen MR) is 131 cm³/mol. The second kappa shape index (κ2) is 7.18. The number of aromatic nitrogens is 5. The molecule has 0 radical (unpaired) electrons. The van der Waals surface area contributed by atoms with E-state index in [1.807, 2.05) is 57.2 Å². The molecule has 0 unspecified atom stereocenters. The van der Waals surface area contributed by atoms with Crippen molar-refractivity contribution in [2.24, 2.45) is 0 Å². The molecular formula is C26H20N6O2. The maximum absolute atomic E-state index is 7.77. The Morgan fingerprint density at radius 2 is 1.79 bits per heavy atom. The van der Waals surface area contributed by atoms with Gasteiger partial charge in [0, 0.05) is 27.4 Å². The van der Waals surface area contributed by atoms with Crippen LogP contribution in [0.1, 0.15) is 17.3 Å². The number of aryl methyl sites for hydroxylation is 3. The normalized spacial score (nSPS) is 11.5. The van der Waals surface area contributed by atoms with Gasteiger partial charge in [-0.1, -0.05) is 29.9 Å². The highest BCUT2D eigenvalue weighted by Gasteiger charge is 2.23. The van der Waals surface area contributed by atoms with Crippen LogP contribution in [0.3, 0.4) is 0 Å². The molecule has 0 aliphatic carbocycles. The van der Waals surface area contributed by atoms with Crippen molar-refractivity contribution >= 4 is 38.7 Å². The van der Waals surface area contributed by atoms with Crippen molar-refractivity contribution in [1.29, 1.82) is 0 Å². The zero-order chi connectivity index (χ0) is 23.6. The monoisotopic (exact) mass is 448 g/mol. The summed E-state index contributed by atoms with van der Waals surface area (Å²) < 4.78 is 11.2. The Labute approximate surface area is 194 Å². The minimum atomic E-state index is 0.453. The Bertz CT molecular complexity index is 1780. The molecule has 0 aliphatic rings. The van der Waals surface area contributed by atoms with Gasteiger partial charge in [-0.2, -0.15) is 0 Å². The van der Waals surface area contributed by atoms with Crippen molar-refractivity contribution in [3.8, 4) is 28.1 Å². The lowest BCUT2D eigenvalue weighted by Gasteiger charge is -2.09. The van der Waals surface area contributed by atoms with Crippen molar-refractivity contribution in [3.63, 3.8) is 0 Å². The van der Waals surface area contributed by atoms with E-state index in [2.05, 4.69) is 25.0 Å². The zero-order valence-electron chi connectivity index (χ0n) is 19.1. The first kappa shape index (κ1) is 20.0. The quantitative estimate of drug-likeness (QED) is 0.305. The number of H-pyrrole nitrogens is 2. The fourth-order valence-corrected chi connectivity index (χ4v) is 4.80. The summed E-state index contributed by atoms with van der Waals surface area (Å²) in [5.41, 5.74) is 6.56. The third-order valence-corrected chi connectivity index (χ3v) is 6.22. The third kappa shape index (κ3) is 2.74. The molecule has 166 valence electrons. The number of methoxy groups -OCH3 is 1. The van der Waals surface area contributed by atoms with Crippen LogP contribution in [0.25, 0.3) is 60.1 Å². The zero-order valence-corrected chi connectivity index (χ0v) is 19.1. The van der Waals surface area contributed by atoms with E-state index in [4.69, 9.17) is 20.8 Å². The second-order valence-electron chi connectivity index (χ2n) is 8.27. The van der Waals surface area contributed by atoms with Crippen LogP contribution in [0.4, 0.5) is 5.82 Å². The van der Waals surface area contributed by atoms with Crippen molar-refractivity contribution < 1.29 is 9.26 Å². The van der Waals surface area contributed by atoms with E-state index in [0.29, 0.717) is 28.7 Å². The maximum Gasteiger partial charge on any atom is 0.238 e. The smallest absolute Gasteiger partial charge is 0.238 e. The van der Waals surface area contributed by atoms with Crippen LogP contribution in [0.15, 0.2) is 40.9 Å². The lowest BCUT2D eigenvalue weighted by atomic mass is 9.99. The predicted octanol–water partition coefficient (Wildman–Crippen LogP) is 6.40. The molecule has 0 saturated heterocycles. The minimum Gasteiger partial charge on any atom is -0.496 e. The molecule has 6 aromatic rings. The number of benzene rings is 2. The Morgan fingerprint density at radius 3 is 2.53 bits per heavy atom. The first-order valence-electron chi connectivity index (χ1n) is 10.8. The van der Waals surface area contributed by atoms with E-state index in [1.54, 1.807) is 7.11 Å². The van der Waals surface area contributed by atoms with Gasteiger partial charge in [0.1, 0.15) is 28.5 Å². The van der Waals surface area contributed by atoms with Crippen molar-refractivity contribution in [2.45, 2.75) is 20.8 Å². The van der Waals surface area contributed by atoms with Crippen LogP contribution in [-0.2, 0) is 0 Å². The highest BCUT2D eigenvalue weighted by Crippen LogP contribution is 2.44. The van der Waals surface area contributed by atoms with Gasteiger partial charge in [0.15, 0.2) is 0 Å². The number of nitrogens with one attached hydrogen (secondary N) is 2. The molecule has 0 bridgehead atoms. The fraction of sp³-hybridized carbons (Fsp3) is 0.154. The minimum absolute atomic E-state index is 0.453. The van der Waals surface area contributed by atoms with Gasteiger partial charge < -0.3 is 24.1 Å². The number of fused-ring (bicyclic) bond motifs is 4. The molecule has 8 heteroatoms. The van der Waals surface area contributed by atoms with E-state index in [-0.39, 0.29) is 0 Å². The summed E-state index contributed by atoms with van der Waals surface area (Å²) in [7, 11) is 1.65. The van der Waals surface area contributed by atoms with Crippen LogP contribution >= 0.6 is 0 Å². The number of aromatic amines is 2. The first-order valence-corrected chi connectivity index (χ1v) is 10.8. The van der Waals surface area contributed by atoms with Crippen molar-refractivity contribution in [3.05, 3.63) is 65.1 Å². The van der Waals surface area contributed by atoms with Crippen molar-refractivity contribution in [2.75, 3.05) is 7.11 Å². The summed E-state index contributed by atoms with van der Waals surface area (Å²) in [6, 6.07) is 11.9. The van der Waals surface area contributed by atoms with Crippen LogP contribution in [0.5, 0.6) is 5.75 Å². The first-order chi connectivity index (χ1) is 16.5. The van der Waals surface area contributed by atoms with Gasteiger partial charge in [-0.15, -0.1) is 0 Å². The van der Waals surface area contributed by atoms with Crippen LogP contribution in [0, 0.1) is 27.3 Å². The molecule has 0 aliphatic heterocycles. The summed E-state index contributed by atoms with van der Waals surface area (Å²) in [5, 5.41) is 6.81. The highest BCUT2D eigenvalue weighted by molar-refractivity contribution is 6.17. The molecule has 0 saturated carbocycles. The number of para-hydroxylation sites is 1. The molecule has 2 N–H and O–H groups in total. The number of hydrogen-bond donors (Lipinski definition) is 2. The van der Waals surface area contributed by atoms with Gasteiger partial charge in [0.25, 0.3) is 0 Å². The highest BCUT2D eigenvalue weighted by atomic mass is 16.5. The maximum atomic E-state index is 7.77. The molecule has 8 nitrogen and oxygen atoms in total. The molecule has 0 amide bonds. The van der Waals surface area contributed by atoms with Crippen LogP contribution < -0.4 is 4.74 Å². The summed E-state index contributed by atoms with van der Waals surface area (Å²) in [5.74, 6) is 2.49. The number of hydrogen-bond acceptors (Lipinski definition) is 5. The van der Waals surface area contributed by atoms with Crippen LogP contribution in [0.2, 0.25) is 0 Å². The lowest BCUT2D eigenvalue weighted by molar-refractivity contribution is 0.393. The standard InChI is InChI=1S/C26H20N6O2/c1-12-21(13(2)34-32-12)17-10-19-16(11-20(17)33-5)23-24(28-14(3)29-26(23)31-19)22-15-8-6-7-9-18(15)30-25(22)27-4/h6-11,30H,1-3,5H3,(H,28,29,31). The molecule has 0 fully saturated rings. The Morgan fingerprint density at radius 1 is 0.971 bits per heavy atom. The van der Waals surface area contributed by atoms with Gasteiger partial charge in [-0.3, -0.25) is 0 Å². The summed E-state index contributed by atoms with van der Waals surface area (Å²) in [4.78, 5) is 20.0. The van der Waals surface area contributed by atoms with Gasteiger partial charge in [0.05, 0.1) is 29.4 Å². The number of ether oxygens (including phenoxy) is 1. The molecule has 6 rings (SSSR count). The SMILES string of the molecule is [C-]#[N+]c1[nH]c2ccccc2c1-c1nc(C)nc2[nH]c3cc(-c4c(C)noc4C)c(OC)cc3c12. The summed E-state index contributed by atoms with van der Waals surface area (Å²) in [6.45, 7) is 13.4. The average molecular weight is 448 g/mol. The van der Waals surface area contributed by atoms with Gasteiger partial charge >= 0.3 is 0 Å². The Hall–Kier alpha value is -4.64. The average Bonchev–Trinajstić information content (AvgIpc) is 3.49. The Balaban J connectivity index is 1.74. The summed E-state index contributed by atoms with van der Waals surface area (Å²) in [6.07, 6.45) is 0. The molecule has 34 heavy (non-hydrogen) atoms. The molecule has 2 aromatic carbocycles. The molecule has 4 heterocycles. The number of rotatable bonds is 3. The fourth-order valence-electron chi connectivity index (χ4n) is 4.80. The topological polar surface area (TPSA) is 97.0 Å². The third-order valence-electron chi connectivity index (χ3n) is 6.22. The molecule has 0 atom stereocenters. The Kier molecular flexibility index (Phi) is 4.23. The van der Waals surface area contributed by atoms with E-state index >= 15 is 0 Å². The lowest BCUT2D eigenvalue weighted by Crippen LogP contribution is -1.93. The van der Waals surface area contributed by atoms with Gasteiger partial charge in [-0.25, -0.2) is 9.97 Å².